The van der Waals surface area contributed by atoms with E-state index in [1.807, 2.05) is 34.6 Å². The summed E-state index contributed by atoms with van der Waals surface area (Å²) in [6.45, 7) is 4.17. The summed E-state index contributed by atoms with van der Waals surface area (Å²) < 4.78 is 16.6. The van der Waals surface area contributed by atoms with Gasteiger partial charge in [0.1, 0.15) is 0 Å². The van der Waals surface area contributed by atoms with Crippen LogP contribution < -0.4 is 14.8 Å². The topological polar surface area (TPSA) is 102 Å². The molecule has 0 spiro atoms. The molecule has 9 nitrogen and oxygen atoms in total. The molecule has 0 radical (unpaired) electrons. The fourth-order valence-corrected chi connectivity index (χ4v) is 5.15. The van der Waals surface area contributed by atoms with Gasteiger partial charge in [-0.3, -0.25) is 9.78 Å². The smallest absolute Gasteiger partial charge is 0.338 e. The molecule has 0 saturated heterocycles. The van der Waals surface area contributed by atoms with E-state index in [0.717, 1.165) is 11.3 Å². The molecule has 0 aliphatic carbocycles. The van der Waals surface area contributed by atoms with Gasteiger partial charge in [0.05, 0.1) is 44.6 Å². The number of aromatic nitrogens is 1. The Hall–Kier alpha value is -3.79. The fourth-order valence-electron chi connectivity index (χ4n) is 4.19. The number of methoxy groups -OCH3 is 2. The van der Waals surface area contributed by atoms with Crippen LogP contribution in [0.15, 0.2) is 70.1 Å². The quantitative estimate of drug-likeness (QED) is 0.508. The normalized spacial score (nSPS) is 16.7. The first-order chi connectivity index (χ1) is 17.5. The number of rotatable bonds is 9. The van der Waals surface area contributed by atoms with E-state index in [1.165, 1.54) is 11.8 Å². The molecule has 0 saturated carbocycles. The van der Waals surface area contributed by atoms with Gasteiger partial charge in [-0.15, -0.1) is 0 Å². The van der Waals surface area contributed by atoms with Crippen molar-refractivity contribution in [2.24, 2.45) is 4.99 Å². The van der Waals surface area contributed by atoms with Crippen molar-refractivity contribution < 1.29 is 23.8 Å². The Kier molecular flexibility index (Phi) is 7.94. The molecule has 0 bridgehead atoms. The maximum Gasteiger partial charge on any atom is 0.338 e. The standard InChI is InChI=1S/C26H28N4O5S/c1-5-35-25(32)22-16(2)29-26-30(23(22)19-7-6-8-20(33-3)24(19)34-4)18(15-36-26)13-21(31)28-14-17-9-11-27-12-10-17/h6-12,15,23H,5,13-14H2,1-4H3,(H,28,31)/t23-/m0/s1. The number of esters is 1. The number of benzene rings is 1. The van der Waals surface area contributed by atoms with E-state index in [-0.39, 0.29) is 18.9 Å². The van der Waals surface area contributed by atoms with Crippen LogP contribution in [-0.4, -0.2) is 47.8 Å². The Bertz CT molecular complexity index is 1240. The van der Waals surface area contributed by atoms with Crippen LogP contribution >= 0.6 is 11.8 Å². The van der Waals surface area contributed by atoms with Gasteiger partial charge in [-0.05, 0) is 43.0 Å². The molecule has 4 rings (SSSR count). The zero-order valence-corrected chi connectivity index (χ0v) is 21.4. The minimum atomic E-state index is -0.615. The summed E-state index contributed by atoms with van der Waals surface area (Å²) in [5, 5.41) is 5.52. The Morgan fingerprint density at radius 3 is 2.61 bits per heavy atom. The predicted molar refractivity (Wildman–Crippen MR) is 137 cm³/mol. The molecule has 0 unspecified atom stereocenters. The number of carbonyl (C=O) groups is 2. The molecular formula is C26H28N4O5S. The number of ether oxygens (including phenoxy) is 3. The van der Waals surface area contributed by atoms with Crippen molar-refractivity contribution in [1.82, 2.24) is 15.2 Å². The maximum absolute atomic E-state index is 13.2. The van der Waals surface area contributed by atoms with Crippen LogP contribution in [0.2, 0.25) is 0 Å². The Morgan fingerprint density at radius 1 is 1.14 bits per heavy atom. The number of thioether (sulfide) groups is 1. The van der Waals surface area contributed by atoms with E-state index in [2.05, 4.69) is 15.3 Å². The highest BCUT2D eigenvalue weighted by Crippen LogP contribution is 2.48. The van der Waals surface area contributed by atoms with Crippen molar-refractivity contribution in [3.05, 3.63) is 76.2 Å². The average Bonchev–Trinajstić information content (AvgIpc) is 3.28. The third-order valence-electron chi connectivity index (χ3n) is 5.80. The van der Waals surface area contributed by atoms with Gasteiger partial charge in [-0.25, -0.2) is 9.79 Å². The van der Waals surface area contributed by atoms with E-state index in [4.69, 9.17) is 14.2 Å². The molecule has 10 heteroatoms. The van der Waals surface area contributed by atoms with Gasteiger partial charge < -0.3 is 24.4 Å². The minimum Gasteiger partial charge on any atom is -0.493 e. The monoisotopic (exact) mass is 508 g/mol. The number of amides is 1. The highest BCUT2D eigenvalue weighted by atomic mass is 32.2. The van der Waals surface area contributed by atoms with Crippen molar-refractivity contribution in [3.63, 3.8) is 0 Å². The van der Waals surface area contributed by atoms with Gasteiger partial charge >= 0.3 is 5.97 Å². The van der Waals surface area contributed by atoms with Gasteiger partial charge in [-0.1, -0.05) is 23.9 Å². The van der Waals surface area contributed by atoms with E-state index in [1.54, 1.807) is 46.5 Å². The summed E-state index contributed by atoms with van der Waals surface area (Å²) >= 11 is 1.41. The Labute approximate surface area is 214 Å². The lowest BCUT2D eigenvalue weighted by Crippen LogP contribution is -2.38. The van der Waals surface area contributed by atoms with Crippen molar-refractivity contribution in [2.45, 2.75) is 32.9 Å². The third-order valence-corrected chi connectivity index (χ3v) is 6.69. The second-order valence-electron chi connectivity index (χ2n) is 8.01. The van der Waals surface area contributed by atoms with Crippen LogP contribution in [-0.2, 0) is 20.9 Å². The number of para-hydroxylation sites is 1. The van der Waals surface area contributed by atoms with Gasteiger partial charge in [-0.2, -0.15) is 0 Å². The van der Waals surface area contributed by atoms with Crippen molar-refractivity contribution in [2.75, 3.05) is 20.8 Å². The second kappa shape index (κ2) is 11.3. The summed E-state index contributed by atoms with van der Waals surface area (Å²) in [5.41, 5.74) is 3.32. The van der Waals surface area contributed by atoms with Crippen molar-refractivity contribution >= 4 is 28.8 Å². The number of hydrogen-bond acceptors (Lipinski definition) is 9. The number of nitrogens with zero attached hydrogens (tertiary/aromatic N) is 3. The van der Waals surface area contributed by atoms with Gasteiger partial charge in [0.2, 0.25) is 5.91 Å². The molecule has 1 amide bonds. The molecular weight excluding hydrogens is 480 g/mol. The first-order valence-electron chi connectivity index (χ1n) is 11.5. The zero-order valence-electron chi connectivity index (χ0n) is 20.6. The van der Waals surface area contributed by atoms with Crippen molar-refractivity contribution in [1.29, 1.82) is 0 Å². The molecule has 3 heterocycles. The molecule has 1 aromatic carbocycles. The molecule has 1 aromatic heterocycles. The highest BCUT2D eigenvalue weighted by Gasteiger charge is 2.42. The second-order valence-corrected chi connectivity index (χ2v) is 8.84. The first-order valence-corrected chi connectivity index (χ1v) is 12.3. The lowest BCUT2D eigenvalue weighted by molar-refractivity contribution is -0.139. The highest BCUT2D eigenvalue weighted by molar-refractivity contribution is 8.16. The molecule has 0 fully saturated rings. The number of pyridine rings is 1. The van der Waals surface area contributed by atoms with E-state index in [0.29, 0.717) is 40.0 Å². The lowest BCUT2D eigenvalue weighted by Gasteiger charge is -2.37. The summed E-state index contributed by atoms with van der Waals surface area (Å²) in [4.78, 5) is 36.7. The molecule has 1 N–H and O–H groups in total. The summed E-state index contributed by atoms with van der Waals surface area (Å²) in [6, 6.07) is 8.61. The first kappa shape index (κ1) is 25.3. The number of amidine groups is 1. The number of nitrogens with one attached hydrogen (secondary N) is 1. The van der Waals surface area contributed by atoms with E-state index >= 15 is 0 Å². The van der Waals surface area contributed by atoms with Crippen LogP contribution in [0.5, 0.6) is 11.5 Å². The summed E-state index contributed by atoms with van der Waals surface area (Å²) in [7, 11) is 3.12. The van der Waals surface area contributed by atoms with E-state index < -0.39 is 12.0 Å². The molecule has 188 valence electrons. The van der Waals surface area contributed by atoms with Crippen LogP contribution in [0.4, 0.5) is 0 Å². The van der Waals surface area contributed by atoms with Gasteiger partial charge in [0.15, 0.2) is 16.7 Å². The number of hydrogen-bond donors (Lipinski definition) is 1. The number of fused-ring (bicyclic) bond motifs is 1. The number of aliphatic imine (C=N–C) groups is 1. The SMILES string of the molecule is CCOC(=O)C1=C(C)N=C2SC=C(CC(=O)NCc3ccncc3)N2[C@H]1c1cccc(OC)c1OC. The molecule has 2 aliphatic heterocycles. The molecule has 2 aromatic rings. The Balaban J connectivity index is 1.69. The maximum atomic E-state index is 13.2. The third kappa shape index (κ3) is 5.08. The fraction of sp³-hybridized carbons (Fsp3) is 0.308. The van der Waals surface area contributed by atoms with Gasteiger partial charge in [0.25, 0.3) is 0 Å². The molecule has 2 aliphatic rings. The number of allylic oxidation sites excluding steroid dienone is 1. The minimum absolute atomic E-state index is 0.106. The summed E-state index contributed by atoms with van der Waals surface area (Å²) in [5.74, 6) is 0.415. The average molecular weight is 509 g/mol. The van der Waals surface area contributed by atoms with Gasteiger partial charge in [0, 0.05) is 30.2 Å². The van der Waals surface area contributed by atoms with Crippen LogP contribution in [0.25, 0.3) is 0 Å². The molecule has 36 heavy (non-hydrogen) atoms. The predicted octanol–water partition coefficient (Wildman–Crippen LogP) is 3.94. The number of carbonyl (C=O) groups excluding carboxylic acids is 2. The van der Waals surface area contributed by atoms with Crippen LogP contribution in [0, 0.1) is 0 Å². The Morgan fingerprint density at radius 2 is 1.92 bits per heavy atom. The zero-order chi connectivity index (χ0) is 25.7. The van der Waals surface area contributed by atoms with Crippen molar-refractivity contribution in [3.8, 4) is 11.5 Å². The van der Waals surface area contributed by atoms with Crippen LogP contribution in [0.3, 0.4) is 0 Å². The van der Waals surface area contributed by atoms with E-state index in [9.17, 15) is 9.59 Å². The summed E-state index contributed by atoms with van der Waals surface area (Å²) in [6.07, 6.45) is 3.48. The van der Waals surface area contributed by atoms with Crippen LogP contribution in [0.1, 0.15) is 37.4 Å². The molecule has 1 atom stereocenters. The lowest BCUT2D eigenvalue weighted by atomic mass is 9.92. The largest absolute Gasteiger partial charge is 0.493 e.